The quantitative estimate of drug-likeness (QED) is 0.562. The lowest BCUT2D eigenvalue weighted by atomic mass is 10.1. The van der Waals surface area contributed by atoms with Crippen molar-refractivity contribution in [2.45, 2.75) is 13.8 Å². The summed E-state index contributed by atoms with van der Waals surface area (Å²) in [6, 6.07) is 8.93. The smallest absolute Gasteiger partial charge is 0.335 e. The molecule has 160 valence electrons. The molecule has 2 aromatic carbocycles. The van der Waals surface area contributed by atoms with Crippen molar-refractivity contribution in [3.63, 3.8) is 0 Å². The Hall–Kier alpha value is -4.01. The lowest BCUT2D eigenvalue weighted by Crippen LogP contribution is -2.54. The minimum atomic E-state index is -0.837. The normalized spacial score (nSPS) is 16.5. The molecule has 2 aromatic rings. The summed E-state index contributed by atoms with van der Waals surface area (Å²) in [5.41, 5.74) is 0.505. The first kappa shape index (κ1) is 20.3. The zero-order chi connectivity index (χ0) is 22.0. The zero-order valence-corrected chi connectivity index (χ0v) is 17.0. The molecule has 0 bridgehead atoms. The summed E-state index contributed by atoms with van der Waals surface area (Å²) in [5.74, 6) is 0.333. The van der Waals surface area contributed by atoms with E-state index in [2.05, 4.69) is 5.32 Å². The molecule has 2 heterocycles. The maximum atomic E-state index is 13.2. The molecule has 4 amide bonds. The molecule has 0 saturated carbocycles. The maximum absolute atomic E-state index is 13.2. The predicted molar refractivity (Wildman–Crippen MR) is 110 cm³/mol. The van der Waals surface area contributed by atoms with E-state index in [-0.39, 0.29) is 18.1 Å². The summed E-state index contributed by atoms with van der Waals surface area (Å²) >= 11 is 0. The molecule has 0 unspecified atom stereocenters. The highest BCUT2D eigenvalue weighted by molar-refractivity contribution is 6.39. The minimum absolute atomic E-state index is 0.0682. The van der Waals surface area contributed by atoms with Gasteiger partial charge < -0.3 is 18.9 Å². The van der Waals surface area contributed by atoms with Gasteiger partial charge in [0.15, 0.2) is 11.5 Å². The summed E-state index contributed by atoms with van der Waals surface area (Å²) in [6.45, 7) is 4.50. The van der Waals surface area contributed by atoms with Gasteiger partial charge in [-0.05, 0) is 38.1 Å². The monoisotopic (exact) mass is 424 g/mol. The van der Waals surface area contributed by atoms with Crippen molar-refractivity contribution in [1.82, 2.24) is 5.32 Å². The van der Waals surface area contributed by atoms with E-state index >= 15 is 0 Å². The van der Waals surface area contributed by atoms with Crippen LogP contribution < -0.4 is 29.2 Å². The van der Waals surface area contributed by atoms with Crippen LogP contribution in [-0.4, -0.2) is 37.9 Å². The van der Waals surface area contributed by atoms with Crippen LogP contribution in [0.3, 0.4) is 0 Å². The van der Waals surface area contributed by atoms with E-state index < -0.39 is 17.8 Å². The van der Waals surface area contributed by atoms with Crippen LogP contribution in [0.25, 0.3) is 6.08 Å². The second-order valence-electron chi connectivity index (χ2n) is 6.56. The average Bonchev–Trinajstić information content (AvgIpc) is 3.19. The Morgan fingerprint density at radius 3 is 2.52 bits per heavy atom. The number of carbonyl (C=O) groups excluding carboxylic acids is 3. The first-order valence-electron chi connectivity index (χ1n) is 9.72. The third-order valence-corrected chi connectivity index (χ3v) is 4.59. The molecule has 1 saturated heterocycles. The number of rotatable bonds is 6. The summed E-state index contributed by atoms with van der Waals surface area (Å²) < 4.78 is 21.8. The van der Waals surface area contributed by atoms with Crippen molar-refractivity contribution in [3.8, 4) is 23.0 Å². The van der Waals surface area contributed by atoms with Crippen LogP contribution in [0.2, 0.25) is 0 Å². The van der Waals surface area contributed by atoms with Gasteiger partial charge >= 0.3 is 6.03 Å². The van der Waals surface area contributed by atoms with Crippen molar-refractivity contribution in [1.29, 1.82) is 0 Å². The number of benzene rings is 2. The maximum Gasteiger partial charge on any atom is 0.335 e. The number of imide groups is 2. The van der Waals surface area contributed by atoms with Gasteiger partial charge in [-0.15, -0.1) is 0 Å². The van der Waals surface area contributed by atoms with E-state index in [0.717, 1.165) is 4.90 Å². The molecule has 4 rings (SSSR count). The topological polar surface area (TPSA) is 103 Å². The molecule has 2 aliphatic rings. The van der Waals surface area contributed by atoms with E-state index in [9.17, 15) is 14.4 Å². The predicted octanol–water partition coefficient (Wildman–Crippen LogP) is 2.88. The van der Waals surface area contributed by atoms with Crippen molar-refractivity contribution >= 4 is 29.6 Å². The Kier molecular flexibility index (Phi) is 5.48. The van der Waals surface area contributed by atoms with Gasteiger partial charge in [-0.25, -0.2) is 9.69 Å². The largest absolute Gasteiger partial charge is 0.494 e. The fourth-order valence-corrected chi connectivity index (χ4v) is 3.26. The number of fused-ring (bicyclic) bond motifs is 1. The van der Waals surface area contributed by atoms with Gasteiger partial charge in [-0.3, -0.25) is 14.9 Å². The fraction of sp³-hybridized carbons (Fsp3) is 0.227. The van der Waals surface area contributed by atoms with Gasteiger partial charge in [-0.2, -0.15) is 0 Å². The molecule has 9 nitrogen and oxygen atoms in total. The van der Waals surface area contributed by atoms with Crippen molar-refractivity contribution in [2.24, 2.45) is 0 Å². The summed E-state index contributed by atoms with van der Waals surface area (Å²) in [4.78, 5) is 39.0. The van der Waals surface area contributed by atoms with E-state index in [0.29, 0.717) is 41.8 Å². The van der Waals surface area contributed by atoms with E-state index in [1.807, 2.05) is 13.8 Å². The Balaban J connectivity index is 1.74. The SMILES string of the molecule is CCOc1cccc(N2C(=O)NC(=O)/C(=C/c3cc4c(cc3OCC)OCO4)C2=O)c1. The number of nitrogens with zero attached hydrogens (tertiary/aromatic N) is 1. The second kappa shape index (κ2) is 8.39. The Bertz CT molecular complexity index is 1090. The molecule has 1 fully saturated rings. The summed E-state index contributed by atoms with van der Waals surface area (Å²) in [6.07, 6.45) is 1.37. The van der Waals surface area contributed by atoms with Crippen LogP contribution in [0, 0.1) is 0 Å². The lowest BCUT2D eigenvalue weighted by molar-refractivity contribution is -0.122. The molecule has 9 heteroatoms. The molecule has 1 N–H and O–H groups in total. The van der Waals surface area contributed by atoms with Crippen LogP contribution in [0.1, 0.15) is 19.4 Å². The summed E-state index contributed by atoms with van der Waals surface area (Å²) in [7, 11) is 0. The molecular weight excluding hydrogens is 404 g/mol. The van der Waals surface area contributed by atoms with Gasteiger partial charge in [-0.1, -0.05) is 6.07 Å². The fourth-order valence-electron chi connectivity index (χ4n) is 3.26. The molecule has 2 aliphatic heterocycles. The number of amides is 4. The van der Waals surface area contributed by atoms with Gasteiger partial charge in [0.25, 0.3) is 11.8 Å². The molecule has 0 aliphatic carbocycles. The minimum Gasteiger partial charge on any atom is -0.494 e. The van der Waals surface area contributed by atoms with Crippen molar-refractivity contribution in [2.75, 3.05) is 24.9 Å². The zero-order valence-electron chi connectivity index (χ0n) is 17.0. The van der Waals surface area contributed by atoms with Crippen LogP contribution in [0.15, 0.2) is 42.0 Å². The molecule has 0 radical (unpaired) electrons. The number of hydrogen-bond donors (Lipinski definition) is 1. The van der Waals surface area contributed by atoms with Gasteiger partial charge in [0, 0.05) is 17.7 Å². The number of ether oxygens (including phenoxy) is 4. The molecule has 0 aromatic heterocycles. The number of barbiturate groups is 1. The van der Waals surface area contributed by atoms with E-state index in [1.54, 1.807) is 36.4 Å². The van der Waals surface area contributed by atoms with Crippen LogP contribution in [0.5, 0.6) is 23.0 Å². The van der Waals surface area contributed by atoms with Gasteiger partial charge in [0.05, 0.1) is 18.9 Å². The molecular formula is C22H20N2O7. The van der Waals surface area contributed by atoms with Crippen LogP contribution >= 0.6 is 0 Å². The number of hydrogen-bond acceptors (Lipinski definition) is 7. The summed E-state index contributed by atoms with van der Waals surface area (Å²) in [5, 5.41) is 2.21. The highest BCUT2D eigenvalue weighted by Crippen LogP contribution is 2.39. The van der Waals surface area contributed by atoms with Gasteiger partial charge in [0.2, 0.25) is 6.79 Å². The number of urea groups is 1. The molecule has 0 atom stereocenters. The third-order valence-electron chi connectivity index (χ3n) is 4.59. The van der Waals surface area contributed by atoms with Crippen molar-refractivity contribution in [3.05, 3.63) is 47.5 Å². The third kappa shape index (κ3) is 3.89. The van der Waals surface area contributed by atoms with Crippen LogP contribution in [0.4, 0.5) is 10.5 Å². The van der Waals surface area contributed by atoms with E-state index in [1.165, 1.54) is 6.08 Å². The standard InChI is InChI=1S/C22H20N2O7/c1-3-28-15-7-5-6-14(10-15)24-21(26)16(20(25)23-22(24)27)8-13-9-18-19(31-12-30-18)11-17(13)29-4-2/h5-11H,3-4,12H2,1-2H3,(H,23,25,27)/b16-8-. The Morgan fingerprint density at radius 1 is 1.03 bits per heavy atom. The van der Waals surface area contributed by atoms with Crippen molar-refractivity contribution < 1.29 is 33.3 Å². The molecule has 0 spiro atoms. The van der Waals surface area contributed by atoms with E-state index in [4.69, 9.17) is 18.9 Å². The number of anilines is 1. The first-order chi connectivity index (χ1) is 15.0. The number of nitrogens with one attached hydrogen (secondary N) is 1. The Morgan fingerprint density at radius 2 is 1.77 bits per heavy atom. The highest BCUT2D eigenvalue weighted by Gasteiger charge is 2.37. The average molecular weight is 424 g/mol. The Labute approximate surface area is 178 Å². The van der Waals surface area contributed by atoms with Gasteiger partial charge in [0.1, 0.15) is 17.1 Å². The second-order valence-corrected chi connectivity index (χ2v) is 6.56. The highest BCUT2D eigenvalue weighted by atomic mass is 16.7. The lowest BCUT2D eigenvalue weighted by Gasteiger charge is -2.26. The first-order valence-corrected chi connectivity index (χ1v) is 9.72. The van der Waals surface area contributed by atoms with Crippen LogP contribution in [-0.2, 0) is 9.59 Å². The number of carbonyl (C=O) groups is 3. The molecule has 31 heavy (non-hydrogen) atoms.